The molecule has 1 amide bonds. The van der Waals surface area contributed by atoms with Crippen molar-refractivity contribution in [2.75, 3.05) is 19.8 Å². The first kappa shape index (κ1) is 18.1. The molecule has 2 aromatic heterocycles. The van der Waals surface area contributed by atoms with Crippen LogP contribution in [0.5, 0.6) is 0 Å². The Bertz CT molecular complexity index is 881. The Labute approximate surface area is 152 Å². The van der Waals surface area contributed by atoms with Crippen LogP contribution < -0.4 is 5.73 Å². The molecule has 1 saturated heterocycles. The lowest BCUT2D eigenvalue weighted by Gasteiger charge is -2.23. The molecule has 3 heterocycles. The Morgan fingerprint density at radius 3 is 2.81 bits per heavy atom. The Morgan fingerprint density at radius 2 is 2.19 bits per heavy atom. The number of rotatable bonds is 3. The van der Waals surface area contributed by atoms with Gasteiger partial charge >= 0.3 is 6.18 Å². The van der Waals surface area contributed by atoms with Gasteiger partial charge in [-0.1, -0.05) is 0 Å². The van der Waals surface area contributed by atoms with Crippen LogP contribution >= 0.6 is 0 Å². The normalized spacial score (nSPS) is 22.4. The number of fused-ring (bicyclic) bond motifs is 3. The molecule has 0 radical (unpaired) electrons. The first-order valence-corrected chi connectivity index (χ1v) is 8.51. The number of hydrogen-bond donors (Lipinski definition) is 1. The highest BCUT2D eigenvalue weighted by molar-refractivity contribution is 5.94. The number of aromatic nitrogens is 2. The van der Waals surface area contributed by atoms with Gasteiger partial charge in [0.2, 0.25) is 0 Å². The Kier molecular flexibility index (Phi) is 4.26. The molecule has 1 aliphatic carbocycles. The van der Waals surface area contributed by atoms with Crippen LogP contribution in [0.15, 0.2) is 10.6 Å². The van der Waals surface area contributed by atoms with Gasteiger partial charge in [0.15, 0.2) is 5.76 Å². The van der Waals surface area contributed by atoms with Crippen LogP contribution in [0.3, 0.4) is 0 Å². The van der Waals surface area contributed by atoms with Gasteiger partial charge in [0.1, 0.15) is 11.9 Å². The van der Waals surface area contributed by atoms with E-state index in [1.54, 1.807) is 6.92 Å². The van der Waals surface area contributed by atoms with E-state index in [1.165, 1.54) is 10.9 Å². The second kappa shape index (κ2) is 6.38. The van der Waals surface area contributed by atoms with E-state index in [1.807, 2.05) is 0 Å². The minimum atomic E-state index is -4.47. The summed E-state index contributed by atoms with van der Waals surface area (Å²) < 4.78 is 58.6. The fourth-order valence-corrected chi connectivity index (χ4v) is 3.68. The number of halogens is 3. The van der Waals surface area contributed by atoms with Crippen molar-refractivity contribution in [2.24, 2.45) is 5.73 Å². The third kappa shape index (κ3) is 3.12. The molecule has 0 spiro atoms. The maximum atomic E-state index is 13.6. The lowest BCUT2D eigenvalue weighted by Crippen LogP contribution is -2.32. The van der Waals surface area contributed by atoms with E-state index in [0.29, 0.717) is 30.9 Å². The van der Waals surface area contributed by atoms with Crippen LogP contribution in [-0.2, 0) is 22.4 Å². The molecule has 4 rings (SSSR count). The third-order valence-corrected chi connectivity index (χ3v) is 4.91. The summed E-state index contributed by atoms with van der Waals surface area (Å²) in [5.41, 5.74) is 6.34. The molecule has 2 N–H and O–H groups in total. The molecule has 0 aromatic carbocycles. The number of ether oxygens (including phenoxy) is 2. The van der Waals surface area contributed by atoms with Gasteiger partial charge in [-0.2, -0.15) is 18.3 Å². The van der Waals surface area contributed by atoms with Crippen molar-refractivity contribution in [2.45, 2.75) is 38.1 Å². The van der Waals surface area contributed by atoms with Crippen LogP contribution in [0.25, 0.3) is 11.3 Å². The van der Waals surface area contributed by atoms with Crippen LogP contribution in [0.2, 0.25) is 0 Å². The summed E-state index contributed by atoms with van der Waals surface area (Å²) in [5.74, 6) is -2.63. The highest BCUT2D eigenvalue weighted by Crippen LogP contribution is 2.48. The molecule has 1 aliphatic heterocycles. The van der Waals surface area contributed by atoms with Crippen molar-refractivity contribution in [3.8, 4) is 11.3 Å². The lowest BCUT2D eigenvalue weighted by molar-refractivity contribution is -0.151. The van der Waals surface area contributed by atoms with Crippen molar-refractivity contribution in [1.29, 1.82) is 0 Å². The van der Waals surface area contributed by atoms with Gasteiger partial charge in [0.25, 0.3) is 5.91 Å². The number of hydrogen-bond acceptors (Lipinski definition) is 5. The average Bonchev–Trinajstić information content (AvgIpc) is 3.14. The van der Waals surface area contributed by atoms with Crippen LogP contribution in [-0.4, -0.2) is 47.8 Å². The smallest absolute Gasteiger partial charge is 0.396 e. The zero-order chi connectivity index (χ0) is 19.3. The minimum Gasteiger partial charge on any atom is -0.455 e. The largest absolute Gasteiger partial charge is 0.455 e. The number of carbonyl (C=O) groups excluding carboxylic acids is 1. The topological polar surface area (TPSA) is 92.5 Å². The molecule has 27 heavy (non-hydrogen) atoms. The second-order valence-electron chi connectivity index (χ2n) is 6.74. The van der Waals surface area contributed by atoms with Crippen molar-refractivity contribution in [1.82, 2.24) is 9.78 Å². The Morgan fingerprint density at radius 1 is 1.41 bits per heavy atom. The highest BCUT2D eigenvalue weighted by atomic mass is 19.4. The van der Waals surface area contributed by atoms with E-state index in [-0.39, 0.29) is 35.4 Å². The number of amides is 1. The predicted molar refractivity (Wildman–Crippen MR) is 86.2 cm³/mol. The molecule has 10 heteroatoms. The van der Waals surface area contributed by atoms with Gasteiger partial charge in [-0.05, 0) is 6.92 Å². The van der Waals surface area contributed by atoms with E-state index in [0.717, 1.165) is 0 Å². The number of carbonyl (C=O) groups is 1. The van der Waals surface area contributed by atoms with Crippen molar-refractivity contribution >= 4 is 5.91 Å². The van der Waals surface area contributed by atoms with E-state index in [4.69, 9.17) is 19.6 Å². The summed E-state index contributed by atoms with van der Waals surface area (Å²) >= 11 is 0. The predicted octanol–water partition coefficient (Wildman–Crippen LogP) is 2.17. The zero-order valence-electron chi connectivity index (χ0n) is 14.5. The molecule has 1 unspecified atom stereocenters. The maximum absolute atomic E-state index is 13.6. The summed E-state index contributed by atoms with van der Waals surface area (Å²) in [7, 11) is 0. The number of nitrogens with zero attached hydrogens (tertiary/aromatic N) is 2. The van der Waals surface area contributed by atoms with Gasteiger partial charge in [-0.25, -0.2) is 0 Å². The molecule has 0 saturated carbocycles. The zero-order valence-corrected chi connectivity index (χ0v) is 14.5. The van der Waals surface area contributed by atoms with E-state index in [9.17, 15) is 18.0 Å². The monoisotopic (exact) mass is 385 g/mol. The standard InChI is InChI=1S/C17H18F3N3O4/c1-8-13-12(27-15(8)16(21)24)4-11(17(18,19)20)10-6-23(22-14(10)13)5-9-7-25-2-3-26-9/h6,9,11H,2-5,7H2,1H3,(H2,21,24)/t9-,11?/m0/s1. The van der Waals surface area contributed by atoms with Crippen LogP contribution in [0, 0.1) is 6.92 Å². The molecule has 2 atom stereocenters. The lowest BCUT2D eigenvalue weighted by atomic mass is 9.84. The molecule has 146 valence electrons. The van der Waals surface area contributed by atoms with Crippen molar-refractivity contribution in [3.63, 3.8) is 0 Å². The maximum Gasteiger partial charge on any atom is 0.396 e. The molecule has 2 aliphatic rings. The number of nitrogens with two attached hydrogens (primary N) is 1. The van der Waals surface area contributed by atoms with Gasteiger partial charge in [0, 0.05) is 29.3 Å². The second-order valence-corrected chi connectivity index (χ2v) is 6.74. The number of primary amides is 1. The van der Waals surface area contributed by atoms with E-state index >= 15 is 0 Å². The SMILES string of the molecule is Cc1c(C(N)=O)oc2c1-c1nn(C[C@H]3COCCO3)cc1C(C(F)(F)F)C2. The van der Waals surface area contributed by atoms with Gasteiger partial charge in [-0.15, -0.1) is 0 Å². The van der Waals surface area contributed by atoms with Crippen molar-refractivity contribution in [3.05, 3.63) is 28.8 Å². The van der Waals surface area contributed by atoms with Gasteiger partial charge < -0.3 is 19.6 Å². The Balaban J connectivity index is 1.78. The van der Waals surface area contributed by atoms with Gasteiger partial charge in [0.05, 0.1) is 38.0 Å². The van der Waals surface area contributed by atoms with E-state index < -0.39 is 24.4 Å². The summed E-state index contributed by atoms with van der Waals surface area (Å²) in [6, 6.07) is 0. The van der Waals surface area contributed by atoms with Gasteiger partial charge in [-0.3, -0.25) is 9.48 Å². The molecule has 0 bridgehead atoms. The first-order valence-electron chi connectivity index (χ1n) is 8.51. The quantitative estimate of drug-likeness (QED) is 0.874. The van der Waals surface area contributed by atoms with Crippen molar-refractivity contribution < 1.29 is 31.9 Å². The summed E-state index contributed by atoms with van der Waals surface area (Å²) in [4.78, 5) is 11.5. The summed E-state index contributed by atoms with van der Waals surface area (Å²) in [5, 5.41) is 4.35. The molecule has 2 aromatic rings. The molecular formula is C17H18F3N3O4. The Hall–Kier alpha value is -2.33. The fourth-order valence-electron chi connectivity index (χ4n) is 3.68. The number of alkyl halides is 3. The summed E-state index contributed by atoms with van der Waals surface area (Å²) in [6.07, 6.45) is -3.76. The molecule has 1 fully saturated rings. The average molecular weight is 385 g/mol. The first-order chi connectivity index (χ1) is 12.8. The van der Waals surface area contributed by atoms with Crippen LogP contribution in [0.4, 0.5) is 13.2 Å². The highest BCUT2D eigenvalue weighted by Gasteiger charge is 2.47. The molecule has 7 nitrogen and oxygen atoms in total. The van der Waals surface area contributed by atoms with E-state index in [2.05, 4.69) is 5.10 Å². The minimum absolute atomic E-state index is 0.0617. The number of furan rings is 1. The van der Waals surface area contributed by atoms with Crippen LogP contribution in [0.1, 0.15) is 33.4 Å². The summed E-state index contributed by atoms with van der Waals surface area (Å²) in [6.45, 7) is 3.15. The third-order valence-electron chi connectivity index (χ3n) is 4.91. The fraction of sp³-hybridized carbons (Fsp3) is 0.529. The molecular weight excluding hydrogens is 367 g/mol.